The van der Waals surface area contributed by atoms with Gasteiger partial charge in [-0.3, -0.25) is 0 Å². The van der Waals surface area contributed by atoms with Crippen molar-refractivity contribution in [3.63, 3.8) is 0 Å². The van der Waals surface area contributed by atoms with Crippen LogP contribution in [0.15, 0.2) is 0 Å². The fourth-order valence-corrected chi connectivity index (χ4v) is 1.90. The second-order valence-electron chi connectivity index (χ2n) is 5.90. The molecular weight excluding hydrogens is 200 g/mol. The molecule has 0 spiro atoms. The van der Waals surface area contributed by atoms with E-state index in [1.807, 2.05) is 6.92 Å². The molecule has 2 unspecified atom stereocenters. The molecule has 0 N–H and O–H groups in total. The van der Waals surface area contributed by atoms with E-state index >= 15 is 0 Å². The van der Waals surface area contributed by atoms with Gasteiger partial charge in [0.05, 0.1) is 0 Å². The van der Waals surface area contributed by atoms with Crippen molar-refractivity contribution in [3.8, 4) is 23.8 Å². The molecule has 2 heteroatoms. The van der Waals surface area contributed by atoms with Crippen LogP contribution in [-0.4, -0.2) is 19.8 Å². The standard InChI is InChI=1S/C13H20OSi/c1-8-11-13(5,14-11)9-10-15(6,7)12(2,3)4/h1,11H,2-7H3. The minimum atomic E-state index is -1.53. The molecule has 1 fully saturated rings. The van der Waals surface area contributed by atoms with Crippen LogP contribution in [0.5, 0.6) is 0 Å². The summed E-state index contributed by atoms with van der Waals surface area (Å²) in [5.41, 5.74) is 3.06. The Labute approximate surface area is 94.6 Å². The first-order valence-electron chi connectivity index (χ1n) is 5.31. The van der Waals surface area contributed by atoms with Gasteiger partial charge in [0.2, 0.25) is 0 Å². The molecule has 2 atom stereocenters. The van der Waals surface area contributed by atoms with Gasteiger partial charge in [-0.2, -0.15) is 0 Å². The molecule has 0 saturated carbocycles. The Morgan fingerprint density at radius 1 is 1.33 bits per heavy atom. The lowest BCUT2D eigenvalue weighted by Crippen LogP contribution is -2.36. The molecule has 0 aromatic rings. The van der Waals surface area contributed by atoms with Crippen LogP contribution >= 0.6 is 0 Å². The zero-order valence-electron chi connectivity index (χ0n) is 10.6. The molecule has 0 bridgehead atoms. The summed E-state index contributed by atoms with van der Waals surface area (Å²) in [5.74, 6) is 5.82. The van der Waals surface area contributed by atoms with Gasteiger partial charge < -0.3 is 4.74 Å². The molecule has 1 aliphatic heterocycles. The van der Waals surface area contributed by atoms with Crippen molar-refractivity contribution in [3.05, 3.63) is 0 Å². The zero-order valence-corrected chi connectivity index (χ0v) is 11.6. The third-order valence-electron chi connectivity index (χ3n) is 3.46. The highest BCUT2D eigenvalue weighted by molar-refractivity contribution is 6.87. The van der Waals surface area contributed by atoms with Crippen LogP contribution in [0.2, 0.25) is 18.1 Å². The lowest BCUT2D eigenvalue weighted by Gasteiger charge is -2.31. The van der Waals surface area contributed by atoms with Crippen molar-refractivity contribution >= 4 is 8.07 Å². The summed E-state index contributed by atoms with van der Waals surface area (Å²) in [6, 6.07) is 0. The van der Waals surface area contributed by atoms with E-state index in [0.717, 1.165) is 0 Å². The summed E-state index contributed by atoms with van der Waals surface area (Å²) in [7, 11) is -1.53. The molecule has 1 rings (SSSR count). The molecule has 0 aromatic carbocycles. The largest absolute Gasteiger partial charge is 0.339 e. The summed E-state index contributed by atoms with van der Waals surface area (Å²) in [4.78, 5) is 0. The summed E-state index contributed by atoms with van der Waals surface area (Å²) >= 11 is 0. The molecule has 0 aliphatic carbocycles. The van der Waals surface area contributed by atoms with Gasteiger partial charge in [-0.1, -0.05) is 45.7 Å². The van der Waals surface area contributed by atoms with E-state index in [1.165, 1.54) is 0 Å². The van der Waals surface area contributed by atoms with Crippen LogP contribution in [0, 0.1) is 23.8 Å². The van der Waals surface area contributed by atoms with Gasteiger partial charge in [0.25, 0.3) is 0 Å². The van der Waals surface area contributed by atoms with E-state index in [0.29, 0.717) is 0 Å². The lowest BCUT2D eigenvalue weighted by atomic mass is 10.1. The number of epoxide rings is 1. The molecule has 0 radical (unpaired) electrons. The second kappa shape index (κ2) is 3.41. The Kier molecular flexibility index (Phi) is 2.81. The van der Waals surface area contributed by atoms with Crippen molar-refractivity contribution in [1.82, 2.24) is 0 Å². The van der Waals surface area contributed by atoms with E-state index in [2.05, 4.69) is 51.2 Å². The predicted octanol–water partition coefficient (Wildman–Crippen LogP) is 2.83. The predicted molar refractivity (Wildman–Crippen MR) is 67.1 cm³/mol. The van der Waals surface area contributed by atoms with Crippen molar-refractivity contribution in [2.75, 3.05) is 0 Å². The van der Waals surface area contributed by atoms with Gasteiger partial charge in [0.1, 0.15) is 8.07 Å². The Balaban J connectivity index is 2.81. The van der Waals surface area contributed by atoms with E-state index in [1.54, 1.807) is 0 Å². The number of rotatable bonds is 0. The van der Waals surface area contributed by atoms with Crippen LogP contribution < -0.4 is 0 Å². The van der Waals surface area contributed by atoms with Gasteiger partial charge in [-0.15, -0.1) is 12.0 Å². The number of terminal acetylenes is 1. The quantitative estimate of drug-likeness (QED) is 0.347. The fraction of sp³-hybridized carbons (Fsp3) is 0.692. The highest BCUT2D eigenvalue weighted by Crippen LogP contribution is 2.38. The van der Waals surface area contributed by atoms with Crippen LogP contribution in [0.4, 0.5) is 0 Å². The molecule has 0 aromatic heterocycles. The van der Waals surface area contributed by atoms with Crippen LogP contribution in [0.3, 0.4) is 0 Å². The summed E-state index contributed by atoms with van der Waals surface area (Å²) in [6.07, 6.45) is 5.20. The summed E-state index contributed by atoms with van der Waals surface area (Å²) in [5, 5.41) is 0.289. The Morgan fingerprint density at radius 2 is 1.87 bits per heavy atom. The second-order valence-corrected chi connectivity index (χ2v) is 10.9. The Bertz CT molecular complexity index is 359. The molecule has 15 heavy (non-hydrogen) atoms. The summed E-state index contributed by atoms with van der Waals surface area (Å²) in [6.45, 7) is 13.3. The minimum Gasteiger partial charge on any atom is -0.339 e. The van der Waals surface area contributed by atoms with E-state index < -0.39 is 8.07 Å². The van der Waals surface area contributed by atoms with Crippen LogP contribution in [0.1, 0.15) is 27.7 Å². The van der Waals surface area contributed by atoms with E-state index in [9.17, 15) is 0 Å². The number of ether oxygens (including phenoxy) is 1. The average molecular weight is 220 g/mol. The topological polar surface area (TPSA) is 12.5 Å². The molecular formula is C13H20OSi. The first kappa shape index (κ1) is 12.4. The monoisotopic (exact) mass is 220 g/mol. The maximum Gasteiger partial charge on any atom is 0.164 e. The van der Waals surface area contributed by atoms with Crippen LogP contribution in [0.25, 0.3) is 0 Å². The normalized spacial score (nSPS) is 30.1. The van der Waals surface area contributed by atoms with E-state index in [-0.39, 0.29) is 16.7 Å². The van der Waals surface area contributed by atoms with Crippen molar-refractivity contribution in [2.45, 2.75) is 57.5 Å². The third kappa shape index (κ3) is 2.45. The number of hydrogen-bond acceptors (Lipinski definition) is 1. The minimum absolute atomic E-state index is 0.102. The fourth-order valence-electron chi connectivity index (χ4n) is 0.967. The van der Waals surface area contributed by atoms with Crippen molar-refractivity contribution in [1.29, 1.82) is 0 Å². The Hall–Kier alpha value is -0.703. The van der Waals surface area contributed by atoms with Gasteiger partial charge >= 0.3 is 0 Å². The maximum atomic E-state index is 5.37. The Morgan fingerprint density at radius 3 is 2.20 bits per heavy atom. The first-order chi connectivity index (χ1) is 6.62. The molecule has 0 amide bonds. The lowest BCUT2D eigenvalue weighted by molar-refractivity contribution is 0.365. The molecule has 82 valence electrons. The highest BCUT2D eigenvalue weighted by Gasteiger charge is 2.50. The molecule has 1 aliphatic rings. The van der Waals surface area contributed by atoms with Gasteiger partial charge in [0, 0.05) is 0 Å². The zero-order chi connectivity index (χ0) is 11.9. The summed E-state index contributed by atoms with van der Waals surface area (Å²) < 4.78 is 5.37. The van der Waals surface area contributed by atoms with Gasteiger partial charge in [-0.05, 0) is 12.0 Å². The molecule has 1 heterocycles. The average Bonchev–Trinajstić information content (AvgIpc) is 2.73. The first-order valence-corrected chi connectivity index (χ1v) is 8.31. The highest BCUT2D eigenvalue weighted by atomic mass is 28.3. The molecule has 1 saturated heterocycles. The third-order valence-corrected chi connectivity index (χ3v) is 7.96. The van der Waals surface area contributed by atoms with Gasteiger partial charge in [0.15, 0.2) is 11.7 Å². The van der Waals surface area contributed by atoms with Gasteiger partial charge in [-0.25, -0.2) is 0 Å². The van der Waals surface area contributed by atoms with E-state index in [4.69, 9.17) is 11.2 Å². The molecule has 1 nitrogen and oxygen atoms in total. The SMILES string of the molecule is C#CC1OC1(C)C#C[Si](C)(C)C(C)(C)C. The smallest absolute Gasteiger partial charge is 0.164 e. The maximum absolute atomic E-state index is 5.37. The van der Waals surface area contributed by atoms with Crippen molar-refractivity contribution in [2.24, 2.45) is 0 Å². The van der Waals surface area contributed by atoms with Crippen molar-refractivity contribution < 1.29 is 4.74 Å². The van der Waals surface area contributed by atoms with Crippen LogP contribution in [-0.2, 0) is 4.74 Å². The number of hydrogen-bond donors (Lipinski definition) is 0.